The van der Waals surface area contributed by atoms with E-state index in [2.05, 4.69) is 10.3 Å². The lowest BCUT2D eigenvalue weighted by Gasteiger charge is -1.99. The predicted octanol–water partition coefficient (Wildman–Crippen LogP) is 3.46. The molecule has 7 heteroatoms. The van der Waals surface area contributed by atoms with E-state index in [-0.39, 0.29) is 11.6 Å². The Kier molecular flexibility index (Phi) is 4.41. The molecular weight excluding hydrogens is 278 g/mol. The van der Waals surface area contributed by atoms with E-state index in [1.807, 2.05) is 12.3 Å². The summed E-state index contributed by atoms with van der Waals surface area (Å²) in [4.78, 5) is 25.9. The van der Waals surface area contributed by atoms with Crippen LogP contribution in [0, 0.1) is 10.1 Å². The second kappa shape index (κ2) is 6.25. The first-order chi connectivity index (χ1) is 9.60. The number of rotatable bonds is 5. The van der Waals surface area contributed by atoms with Crippen LogP contribution in [0.5, 0.6) is 0 Å². The summed E-state index contributed by atoms with van der Waals surface area (Å²) < 4.78 is 0. The fourth-order valence-electron chi connectivity index (χ4n) is 1.63. The molecule has 0 aliphatic carbocycles. The SMILES string of the molecule is CCCC(=O)Nc1nc(-c2ccc([N+](=O)[O-])cc2)cs1. The van der Waals surface area contributed by atoms with Crippen LogP contribution >= 0.6 is 11.3 Å². The summed E-state index contributed by atoms with van der Waals surface area (Å²) >= 11 is 1.33. The van der Waals surface area contributed by atoms with E-state index in [9.17, 15) is 14.9 Å². The molecule has 0 aliphatic heterocycles. The van der Waals surface area contributed by atoms with Gasteiger partial charge in [0, 0.05) is 29.5 Å². The highest BCUT2D eigenvalue weighted by Crippen LogP contribution is 2.26. The van der Waals surface area contributed by atoms with Gasteiger partial charge in [-0.25, -0.2) is 4.98 Å². The number of hydrogen-bond donors (Lipinski definition) is 1. The number of carbonyl (C=O) groups excluding carboxylic acids is 1. The quantitative estimate of drug-likeness (QED) is 0.675. The van der Waals surface area contributed by atoms with Crippen molar-refractivity contribution in [2.24, 2.45) is 0 Å². The lowest BCUT2D eigenvalue weighted by atomic mass is 10.1. The van der Waals surface area contributed by atoms with Crippen LogP contribution in [-0.4, -0.2) is 15.8 Å². The van der Waals surface area contributed by atoms with Crippen LogP contribution < -0.4 is 5.32 Å². The molecule has 20 heavy (non-hydrogen) atoms. The van der Waals surface area contributed by atoms with Gasteiger partial charge in [0.25, 0.3) is 5.69 Å². The van der Waals surface area contributed by atoms with Crippen LogP contribution in [0.2, 0.25) is 0 Å². The molecule has 2 rings (SSSR count). The highest BCUT2D eigenvalue weighted by atomic mass is 32.1. The van der Waals surface area contributed by atoms with Crippen molar-refractivity contribution in [3.05, 3.63) is 39.8 Å². The second-order valence-corrected chi connectivity index (χ2v) is 5.00. The van der Waals surface area contributed by atoms with Crippen molar-refractivity contribution < 1.29 is 9.72 Å². The van der Waals surface area contributed by atoms with Crippen molar-refractivity contribution >= 4 is 28.1 Å². The molecule has 1 aromatic heterocycles. The summed E-state index contributed by atoms with van der Waals surface area (Å²) in [6.07, 6.45) is 1.25. The zero-order chi connectivity index (χ0) is 14.5. The number of thiazole rings is 1. The summed E-state index contributed by atoms with van der Waals surface area (Å²) in [5, 5.41) is 15.6. The Hall–Kier alpha value is -2.28. The molecule has 0 atom stereocenters. The third kappa shape index (κ3) is 3.39. The normalized spacial score (nSPS) is 10.2. The Bertz CT molecular complexity index is 622. The van der Waals surface area contributed by atoms with Gasteiger partial charge in [-0.15, -0.1) is 11.3 Å². The molecule has 0 spiro atoms. The van der Waals surface area contributed by atoms with Gasteiger partial charge >= 0.3 is 0 Å². The van der Waals surface area contributed by atoms with E-state index < -0.39 is 4.92 Å². The molecule has 1 N–H and O–H groups in total. The summed E-state index contributed by atoms with van der Waals surface area (Å²) in [7, 11) is 0. The van der Waals surface area contributed by atoms with Gasteiger partial charge < -0.3 is 5.32 Å². The molecular formula is C13H13N3O3S. The number of nitrogens with zero attached hydrogens (tertiary/aromatic N) is 2. The van der Waals surface area contributed by atoms with Gasteiger partial charge in [0.05, 0.1) is 10.6 Å². The molecule has 0 saturated carbocycles. The van der Waals surface area contributed by atoms with Gasteiger partial charge in [0.2, 0.25) is 5.91 Å². The number of nitro benzene ring substituents is 1. The topological polar surface area (TPSA) is 85.1 Å². The smallest absolute Gasteiger partial charge is 0.269 e. The lowest BCUT2D eigenvalue weighted by Crippen LogP contribution is -2.10. The third-order valence-electron chi connectivity index (χ3n) is 2.60. The molecule has 0 bridgehead atoms. The molecule has 0 unspecified atom stereocenters. The average molecular weight is 291 g/mol. The number of benzene rings is 1. The van der Waals surface area contributed by atoms with Gasteiger partial charge in [0.15, 0.2) is 5.13 Å². The Morgan fingerprint density at radius 3 is 2.70 bits per heavy atom. The first-order valence-electron chi connectivity index (χ1n) is 6.10. The first kappa shape index (κ1) is 14.1. The maximum Gasteiger partial charge on any atom is 0.269 e. The molecule has 2 aromatic rings. The van der Waals surface area contributed by atoms with Gasteiger partial charge in [-0.1, -0.05) is 6.92 Å². The minimum absolute atomic E-state index is 0.0421. The number of anilines is 1. The van der Waals surface area contributed by atoms with Crippen molar-refractivity contribution in [2.75, 3.05) is 5.32 Å². The number of amides is 1. The minimum atomic E-state index is -0.443. The number of carbonyl (C=O) groups is 1. The summed E-state index contributed by atoms with van der Waals surface area (Å²) in [5.41, 5.74) is 1.51. The van der Waals surface area contributed by atoms with E-state index in [1.165, 1.54) is 23.5 Å². The zero-order valence-electron chi connectivity index (χ0n) is 10.8. The summed E-state index contributed by atoms with van der Waals surface area (Å²) in [5.74, 6) is -0.0582. The van der Waals surface area contributed by atoms with E-state index in [4.69, 9.17) is 0 Å². The molecule has 1 amide bonds. The standard InChI is InChI=1S/C13H13N3O3S/c1-2-3-12(17)15-13-14-11(8-20-13)9-4-6-10(7-5-9)16(18)19/h4-8H,2-3H2,1H3,(H,14,15,17). The fourth-order valence-corrected chi connectivity index (χ4v) is 2.36. The molecule has 0 fully saturated rings. The van der Waals surface area contributed by atoms with Crippen LogP contribution in [0.4, 0.5) is 10.8 Å². The van der Waals surface area contributed by atoms with Crippen molar-refractivity contribution in [1.29, 1.82) is 0 Å². The fraction of sp³-hybridized carbons (Fsp3) is 0.231. The molecule has 104 valence electrons. The maximum atomic E-state index is 11.5. The largest absolute Gasteiger partial charge is 0.302 e. The highest BCUT2D eigenvalue weighted by Gasteiger charge is 2.09. The Balaban J connectivity index is 2.12. The van der Waals surface area contributed by atoms with E-state index >= 15 is 0 Å². The number of hydrogen-bond acceptors (Lipinski definition) is 5. The number of nitrogens with one attached hydrogen (secondary N) is 1. The van der Waals surface area contributed by atoms with Gasteiger partial charge in [-0.2, -0.15) is 0 Å². The van der Waals surface area contributed by atoms with Crippen LogP contribution in [0.25, 0.3) is 11.3 Å². The van der Waals surface area contributed by atoms with Crippen molar-refractivity contribution in [3.8, 4) is 11.3 Å². The Morgan fingerprint density at radius 1 is 1.40 bits per heavy atom. The third-order valence-corrected chi connectivity index (χ3v) is 3.36. The Labute approximate surface area is 119 Å². The Morgan fingerprint density at radius 2 is 2.10 bits per heavy atom. The average Bonchev–Trinajstić information content (AvgIpc) is 2.87. The van der Waals surface area contributed by atoms with E-state index in [0.29, 0.717) is 17.2 Å². The van der Waals surface area contributed by atoms with Crippen LogP contribution in [0.3, 0.4) is 0 Å². The highest BCUT2D eigenvalue weighted by molar-refractivity contribution is 7.14. The predicted molar refractivity (Wildman–Crippen MR) is 77.7 cm³/mol. The first-order valence-corrected chi connectivity index (χ1v) is 6.98. The van der Waals surface area contributed by atoms with Gasteiger partial charge in [-0.05, 0) is 18.6 Å². The molecule has 1 aromatic carbocycles. The van der Waals surface area contributed by atoms with Crippen molar-refractivity contribution in [3.63, 3.8) is 0 Å². The molecule has 0 saturated heterocycles. The van der Waals surface area contributed by atoms with Crippen molar-refractivity contribution in [1.82, 2.24) is 4.98 Å². The van der Waals surface area contributed by atoms with Gasteiger partial charge in [0.1, 0.15) is 0 Å². The molecule has 1 heterocycles. The van der Waals surface area contributed by atoms with Gasteiger partial charge in [-0.3, -0.25) is 14.9 Å². The summed E-state index contributed by atoms with van der Waals surface area (Å²) in [6.45, 7) is 1.93. The van der Waals surface area contributed by atoms with Crippen LogP contribution in [0.1, 0.15) is 19.8 Å². The van der Waals surface area contributed by atoms with E-state index in [1.54, 1.807) is 12.1 Å². The van der Waals surface area contributed by atoms with Crippen LogP contribution in [0.15, 0.2) is 29.6 Å². The number of nitro groups is 1. The monoisotopic (exact) mass is 291 g/mol. The second-order valence-electron chi connectivity index (χ2n) is 4.14. The molecule has 0 aliphatic rings. The minimum Gasteiger partial charge on any atom is -0.302 e. The number of aromatic nitrogens is 1. The van der Waals surface area contributed by atoms with Crippen molar-refractivity contribution in [2.45, 2.75) is 19.8 Å². The maximum absolute atomic E-state index is 11.5. The lowest BCUT2D eigenvalue weighted by molar-refractivity contribution is -0.384. The number of non-ortho nitro benzene ring substituents is 1. The zero-order valence-corrected chi connectivity index (χ0v) is 11.6. The van der Waals surface area contributed by atoms with E-state index in [0.717, 1.165) is 12.0 Å². The molecule has 0 radical (unpaired) electrons. The molecule has 6 nitrogen and oxygen atoms in total. The summed E-state index contributed by atoms with van der Waals surface area (Å²) in [6, 6.07) is 6.16. The van der Waals surface area contributed by atoms with Crippen LogP contribution in [-0.2, 0) is 4.79 Å².